The molecule has 1 aliphatic heterocycles. The van der Waals surface area contributed by atoms with Gasteiger partial charge < -0.3 is 10.2 Å². The molecule has 24 heavy (non-hydrogen) atoms. The lowest BCUT2D eigenvalue weighted by Gasteiger charge is -2.33. The normalized spacial score (nSPS) is 16.1. The van der Waals surface area contributed by atoms with Crippen LogP contribution in [0.25, 0.3) is 0 Å². The third-order valence-corrected chi connectivity index (χ3v) is 3.90. The molecule has 1 aromatic heterocycles. The minimum atomic E-state index is -4.55. The molecule has 2 heterocycles. The summed E-state index contributed by atoms with van der Waals surface area (Å²) >= 11 is 5.74. The first-order valence-corrected chi connectivity index (χ1v) is 7.55. The van der Waals surface area contributed by atoms with Crippen LogP contribution in [-0.2, 0) is 15.8 Å². The Kier molecular flexibility index (Phi) is 5.66. The van der Waals surface area contributed by atoms with Crippen molar-refractivity contribution in [2.75, 3.05) is 38.0 Å². The van der Waals surface area contributed by atoms with E-state index in [0.29, 0.717) is 32.4 Å². The monoisotopic (exact) mass is 364 g/mol. The molecule has 10 heteroatoms. The number of nitrogens with zero attached hydrogens (tertiary/aromatic N) is 3. The van der Waals surface area contributed by atoms with Crippen molar-refractivity contribution in [1.29, 1.82) is 0 Å². The fourth-order valence-corrected chi connectivity index (χ4v) is 2.49. The highest BCUT2D eigenvalue weighted by molar-refractivity contribution is 6.33. The second kappa shape index (κ2) is 7.35. The van der Waals surface area contributed by atoms with Gasteiger partial charge in [-0.2, -0.15) is 13.2 Å². The highest BCUT2D eigenvalue weighted by Crippen LogP contribution is 2.32. The first-order valence-electron chi connectivity index (χ1n) is 7.17. The number of amides is 2. The van der Waals surface area contributed by atoms with Crippen molar-refractivity contribution in [3.63, 3.8) is 0 Å². The number of hydrogen-bond donors (Lipinski definition) is 1. The highest BCUT2D eigenvalue weighted by atomic mass is 35.5. The number of carbonyl (C=O) groups is 2. The molecule has 0 saturated carbocycles. The molecule has 2 amide bonds. The predicted octanol–water partition coefficient (Wildman–Crippen LogP) is 1.86. The average Bonchev–Trinajstić information content (AvgIpc) is 2.48. The Morgan fingerprint density at radius 1 is 1.29 bits per heavy atom. The molecule has 1 aliphatic rings. The van der Waals surface area contributed by atoms with E-state index < -0.39 is 17.6 Å². The van der Waals surface area contributed by atoms with Crippen molar-refractivity contribution in [2.24, 2.45) is 0 Å². The third-order valence-electron chi connectivity index (χ3n) is 3.61. The lowest BCUT2D eigenvalue weighted by atomic mass is 10.2. The standard InChI is InChI=1S/C14H16ClF3N4O2/c1-9(23)22-4-2-21(3-5-22)8-12(24)20-13-11(15)6-10(7-19-13)14(16,17)18/h6-7H,2-5,8H2,1H3,(H,19,20,24). The Morgan fingerprint density at radius 3 is 2.42 bits per heavy atom. The maximum absolute atomic E-state index is 12.5. The molecule has 2 rings (SSSR count). The summed E-state index contributed by atoms with van der Waals surface area (Å²) in [6, 6.07) is 0.718. The number of piperazine rings is 1. The third kappa shape index (κ3) is 4.81. The SMILES string of the molecule is CC(=O)N1CCN(CC(=O)Nc2ncc(C(F)(F)F)cc2Cl)CC1. The summed E-state index contributed by atoms with van der Waals surface area (Å²) in [7, 11) is 0. The smallest absolute Gasteiger partial charge is 0.340 e. The lowest BCUT2D eigenvalue weighted by Crippen LogP contribution is -2.49. The van der Waals surface area contributed by atoms with Gasteiger partial charge in [-0.15, -0.1) is 0 Å². The van der Waals surface area contributed by atoms with Crippen LogP contribution in [0.5, 0.6) is 0 Å². The quantitative estimate of drug-likeness (QED) is 0.889. The summed E-state index contributed by atoms with van der Waals surface area (Å²) in [6.45, 7) is 3.68. The zero-order valence-electron chi connectivity index (χ0n) is 12.9. The van der Waals surface area contributed by atoms with Gasteiger partial charge in [-0.25, -0.2) is 4.98 Å². The van der Waals surface area contributed by atoms with Crippen LogP contribution in [0.4, 0.5) is 19.0 Å². The topological polar surface area (TPSA) is 65.5 Å². The van der Waals surface area contributed by atoms with Gasteiger partial charge in [0.25, 0.3) is 0 Å². The second-order valence-electron chi connectivity index (χ2n) is 5.38. The summed E-state index contributed by atoms with van der Waals surface area (Å²) in [5.41, 5.74) is -0.981. The van der Waals surface area contributed by atoms with E-state index in [1.165, 1.54) is 6.92 Å². The van der Waals surface area contributed by atoms with E-state index in [1.54, 1.807) is 4.90 Å². The summed E-state index contributed by atoms with van der Waals surface area (Å²) in [5.74, 6) is -0.558. The van der Waals surface area contributed by atoms with Crippen LogP contribution >= 0.6 is 11.6 Å². The molecule has 0 aromatic carbocycles. The van der Waals surface area contributed by atoms with Crippen LogP contribution < -0.4 is 5.32 Å². The molecular formula is C14H16ClF3N4O2. The Balaban J connectivity index is 1.90. The van der Waals surface area contributed by atoms with Crippen molar-refractivity contribution in [3.8, 4) is 0 Å². The molecule has 1 N–H and O–H groups in total. The number of halogens is 4. The van der Waals surface area contributed by atoms with Gasteiger partial charge >= 0.3 is 6.18 Å². The Labute approximate surface area is 141 Å². The van der Waals surface area contributed by atoms with E-state index in [1.807, 2.05) is 4.90 Å². The van der Waals surface area contributed by atoms with E-state index in [-0.39, 0.29) is 23.3 Å². The van der Waals surface area contributed by atoms with Gasteiger partial charge in [0.15, 0.2) is 5.82 Å². The predicted molar refractivity (Wildman–Crippen MR) is 81.6 cm³/mol. The largest absolute Gasteiger partial charge is 0.417 e. The molecule has 0 radical (unpaired) electrons. The summed E-state index contributed by atoms with van der Waals surface area (Å²) < 4.78 is 37.6. The van der Waals surface area contributed by atoms with E-state index >= 15 is 0 Å². The molecule has 1 saturated heterocycles. The lowest BCUT2D eigenvalue weighted by molar-refractivity contribution is -0.137. The van der Waals surface area contributed by atoms with Crippen molar-refractivity contribution in [3.05, 3.63) is 22.8 Å². The van der Waals surface area contributed by atoms with E-state index in [2.05, 4.69) is 10.3 Å². The summed E-state index contributed by atoms with van der Waals surface area (Å²) in [5, 5.41) is 2.12. The van der Waals surface area contributed by atoms with Crippen LogP contribution in [0, 0.1) is 0 Å². The Bertz CT molecular complexity index is 631. The highest BCUT2D eigenvalue weighted by Gasteiger charge is 2.31. The van der Waals surface area contributed by atoms with Crippen LogP contribution in [0.2, 0.25) is 5.02 Å². The van der Waals surface area contributed by atoms with E-state index in [9.17, 15) is 22.8 Å². The van der Waals surface area contributed by atoms with Crippen molar-refractivity contribution in [1.82, 2.24) is 14.8 Å². The zero-order valence-corrected chi connectivity index (χ0v) is 13.6. The molecule has 0 bridgehead atoms. The van der Waals surface area contributed by atoms with Gasteiger partial charge in [-0.3, -0.25) is 14.5 Å². The van der Waals surface area contributed by atoms with Crippen LogP contribution in [0.1, 0.15) is 12.5 Å². The average molecular weight is 365 g/mol. The van der Waals surface area contributed by atoms with Crippen molar-refractivity contribution in [2.45, 2.75) is 13.1 Å². The molecule has 1 aromatic rings. The number of alkyl halides is 3. The summed E-state index contributed by atoms with van der Waals surface area (Å²) in [6.07, 6.45) is -3.93. The molecular weight excluding hydrogens is 349 g/mol. The van der Waals surface area contributed by atoms with E-state index in [4.69, 9.17) is 11.6 Å². The Hall–Kier alpha value is -1.87. The van der Waals surface area contributed by atoms with Gasteiger partial charge in [0.1, 0.15) is 0 Å². The number of hydrogen-bond acceptors (Lipinski definition) is 4. The molecule has 0 aliphatic carbocycles. The molecule has 0 atom stereocenters. The van der Waals surface area contributed by atoms with Crippen molar-refractivity contribution < 1.29 is 22.8 Å². The minimum absolute atomic E-state index is 0.0140. The number of nitrogens with one attached hydrogen (secondary N) is 1. The number of rotatable bonds is 3. The van der Waals surface area contributed by atoms with Gasteiger partial charge in [-0.05, 0) is 6.07 Å². The van der Waals surface area contributed by atoms with E-state index in [0.717, 1.165) is 6.07 Å². The maximum atomic E-state index is 12.5. The van der Waals surface area contributed by atoms with Gasteiger partial charge in [-0.1, -0.05) is 11.6 Å². The van der Waals surface area contributed by atoms with Crippen LogP contribution in [0.15, 0.2) is 12.3 Å². The second-order valence-corrected chi connectivity index (χ2v) is 5.79. The molecule has 1 fully saturated rings. The maximum Gasteiger partial charge on any atom is 0.417 e. The van der Waals surface area contributed by atoms with Crippen LogP contribution in [-0.4, -0.2) is 59.3 Å². The molecule has 6 nitrogen and oxygen atoms in total. The number of anilines is 1. The first kappa shape index (κ1) is 18.5. The van der Waals surface area contributed by atoms with Gasteiger partial charge in [0, 0.05) is 39.3 Å². The molecule has 132 valence electrons. The van der Waals surface area contributed by atoms with Gasteiger partial charge in [0.05, 0.1) is 17.1 Å². The van der Waals surface area contributed by atoms with Crippen molar-refractivity contribution >= 4 is 29.2 Å². The van der Waals surface area contributed by atoms with Gasteiger partial charge in [0.2, 0.25) is 11.8 Å². The molecule has 0 spiro atoms. The minimum Gasteiger partial charge on any atom is -0.340 e. The fourth-order valence-electron chi connectivity index (χ4n) is 2.28. The number of carbonyl (C=O) groups excluding carboxylic acids is 2. The molecule has 0 unspecified atom stereocenters. The number of aromatic nitrogens is 1. The number of pyridine rings is 1. The Morgan fingerprint density at radius 2 is 1.92 bits per heavy atom. The zero-order chi connectivity index (χ0) is 17.9. The first-order chi connectivity index (χ1) is 11.2. The fraction of sp³-hybridized carbons (Fsp3) is 0.500. The summed E-state index contributed by atoms with van der Waals surface area (Å²) in [4.78, 5) is 30.3. The van der Waals surface area contributed by atoms with Crippen LogP contribution in [0.3, 0.4) is 0 Å².